The highest BCUT2D eigenvalue weighted by Crippen LogP contribution is 2.32. The number of benzene rings is 2. The van der Waals surface area contributed by atoms with Gasteiger partial charge < -0.3 is 19.3 Å². The summed E-state index contributed by atoms with van der Waals surface area (Å²) in [6.07, 6.45) is 0. The molecule has 0 bridgehead atoms. The lowest BCUT2D eigenvalue weighted by molar-refractivity contribution is 0.271. The minimum Gasteiger partial charge on any atom is -0.509 e. The van der Waals surface area contributed by atoms with Crippen molar-refractivity contribution in [2.75, 3.05) is 18.1 Å². The van der Waals surface area contributed by atoms with Crippen LogP contribution in [0.25, 0.3) is 16.6 Å². The van der Waals surface area contributed by atoms with E-state index in [9.17, 15) is 5.11 Å². The summed E-state index contributed by atoms with van der Waals surface area (Å²) in [5.74, 6) is 2.27. The number of aromatic nitrogens is 2. The van der Waals surface area contributed by atoms with Crippen LogP contribution >= 0.6 is 0 Å². The normalized spacial score (nSPS) is 14.5. The number of nitrogens with zero attached hydrogens (tertiary/aromatic N) is 3. The maximum absolute atomic E-state index is 10.7. The monoisotopic (exact) mass is 390 g/mol. The topological polar surface area (TPSA) is 74.4 Å². The van der Waals surface area contributed by atoms with Crippen molar-refractivity contribution in [3.8, 4) is 5.75 Å². The van der Waals surface area contributed by atoms with Crippen molar-refractivity contribution in [2.45, 2.75) is 20.8 Å². The summed E-state index contributed by atoms with van der Waals surface area (Å²) < 4.78 is 7.67. The molecule has 1 aliphatic heterocycles. The molecule has 1 aromatic heterocycles. The zero-order valence-electron chi connectivity index (χ0n) is 17.2. The number of anilines is 1. The van der Waals surface area contributed by atoms with Crippen molar-refractivity contribution in [1.29, 1.82) is 5.41 Å². The van der Waals surface area contributed by atoms with Gasteiger partial charge in [0.25, 0.3) is 0 Å². The molecule has 6 heteroatoms. The minimum absolute atomic E-state index is 0.158. The van der Waals surface area contributed by atoms with Crippen LogP contribution in [-0.4, -0.2) is 33.6 Å². The van der Waals surface area contributed by atoms with Crippen LogP contribution in [0.5, 0.6) is 5.75 Å². The maximum Gasteiger partial charge on any atom is 0.148 e. The molecule has 0 amide bonds. The number of hydrogen-bond donors (Lipinski definition) is 2. The largest absolute Gasteiger partial charge is 0.509 e. The molecular formula is C23H26N4O2. The number of aryl methyl sites for hydroxylation is 2. The number of ether oxygens (including phenoxy) is 1. The van der Waals surface area contributed by atoms with E-state index in [4.69, 9.17) is 15.1 Å². The number of fused-ring (bicyclic) bond motifs is 1. The molecule has 1 aliphatic rings. The van der Waals surface area contributed by atoms with Gasteiger partial charge in [-0.2, -0.15) is 0 Å². The van der Waals surface area contributed by atoms with E-state index in [-0.39, 0.29) is 18.1 Å². The van der Waals surface area contributed by atoms with Crippen LogP contribution in [0.15, 0.2) is 48.2 Å². The standard InChI is InChI=1S/C23H26N4O2/c1-14(2)13-29-17-8-6-16(7-9-17)27-12-20(28)21(22(27)24)23-25-18-11-15(3)5-10-19(18)26(23)4/h5-11,14,24,28H,12-13H2,1-4H3. The molecule has 29 heavy (non-hydrogen) atoms. The predicted octanol–water partition coefficient (Wildman–Crippen LogP) is 4.68. The highest BCUT2D eigenvalue weighted by atomic mass is 16.5. The Morgan fingerprint density at radius 3 is 2.59 bits per heavy atom. The van der Waals surface area contributed by atoms with Crippen LogP contribution in [0.1, 0.15) is 25.2 Å². The zero-order chi connectivity index (χ0) is 20.7. The number of nitrogens with one attached hydrogen (secondary N) is 1. The lowest BCUT2D eigenvalue weighted by Gasteiger charge is -2.19. The molecule has 2 N–H and O–H groups in total. The van der Waals surface area contributed by atoms with E-state index in [2.05, 4.69) is 13.8 Å². The summed E-state index contributed by atoms with van der Waals surface area (Å²) in [5.41, 5.74) is 4.28. The molecule has 0 saturated heterocycles. The van der Waals surface area contributed by atoms with Crippen molar-refractivity contribution < 1.29 is 9.84 Å². The maximum atomic E-state index is 10.7. The number of hydrogen-bond acceptors (Lipinski definition) is 4. The first-order chi connectivity index (χ1) is 13.8. The summed E-state index contributed by atoms with van der Waals surface area (Å²) in [7, 11) is 1.91. The summed E-state index contributed by atoms with van der Waals surface area (Å²) in [6, 6.07) is 13.7. The molecule has 0 spiro atoms. The quantitative estimate of drug-likeness (QED) is 0.663. The first-order valence-electron chi connectivity index (χ1n) is 9.80. The summed E-state index contributed by atoms with van der Waals surface area (Å²) in [6.45, 7) is 7.16. The highest BCUT2D eigenvalue weighted by molar-refractivity contribution is 6.30. The van der Waals surface area contributed by atoms with Gasteiger partial charge in [0.05, 0.1) is 29.8 Å². The van der Waals surface area contributed by atoms with Gasteiger partial charge in [0.15, 0.2) is 0 Å². The SMILES string of the molecule is Cc1ccc2c(c1)nc(C1=C(O)CN(c3ccc(OCC(C)C)cc3)C1=N)n2C. The van der Waals surface area contributed by atoms with Crippen LogP contribution < -0.4 is 9.64 Å². The molecule has 2 aromatic carbocycles. The lowest BCUT2D eigenvalue weighted by atomic mass is 10.2. The number of imidazole rings is 1. The highest BCUT2D eigenvalue weighted by Gasteiger charge is 2.32. The fourth-order valence-electron chi connectivity index (χ4n) is 3.55. The summed E-state index contributed by atoms with van der Waals surface area (Å²) in [4.78, 5) is 6.48. The van der Waals surface area contributed by atoms with Crippen LogP contribution in [0.4, 0.5) is 5.69 Å². The Morgan fingerprint density at radius 2 is 1.90 bits per heavy atom. The Balaban J connectivity index is 1.61. The molecule has 3 aromatic rings. The smallest absolute Gasteiger partial charge is 0.148 e. The molecule has 0 saturated carbocycles. The summed E-state index contributed by atoms with van der Waals surface area (Å²) in [5, 5.41) is 19.4. The van der Waals surface area contributed by atoms with E-state index in [0.717, 1.165) is 28.0 Å². The first-order valence-corrected chi connectivity index (χ1v) is 9.80. The fourth-order valence-corrected chi connectivity index (χ4v) is 3.55. The Hall–Kier alpha value is -3.28. The predicted molar refractivity (Wildman–Crippen MR) is 117 cm³/mol. The fraction of sp³-hybridized carbons (Fsp3) is 0.304. The van der Waals surface area contributed by atoms with Crippen LogP contribution in [-0.2, 0) is 7.05 Å². The molecule has 6 nitrogen and oxygen atoms in total. The van der Waals surface area contributed by atoms with Gasteiger partial charge in [-0.3, -0.25) is 5.41 Å². The van der Waals surface area contributed by atoms with Crippen LogP contribution in [0, 0.1) is 18.3 Å². The van der Waals surface area contributed by atoms with Crippen molar-refractivity contribution in [2.24, 2.45) is 13.0 Å². The van der Waals surface area contributed by atoms with E-state index in [1.807, 2.05) is 61.0 Å². The third-order valence-corrected chi connectivity index (χ3v) is 5.09. The Morgan fingerprint density at radius 1 is 1.17 bits per heavy atom. The molecular weight excluding hydrogens is 364 g/mol. The third-order valence-electron chi connectivity index (χ3n) is 5.09. The Bertz CT molecular complexity index is 1110. The second-order valence-electron chi connectivity index (χ2n) is 7.94. The van der Waals surface area contributed by atoms with Crippen molar-refractivity contribution >= 4 is 28.1 Å². The van der Waals surface area contributed by atoms with Gasteiger partial charge in [0.1, 0.15) is 23.2 Å². The first kappa shape index (κ1) is 19.1. The summed E-state index contributed by atoms with van der Waals surface area (Å²) >= 11 is 0. The van der Waals surface area contributed by atoms with Gasteiger partial charge in [0, 0.05) is 12.7 Å². The second kappa shape index (κ2) is 7.28. The van der Waals surface area contributed by atoms with E-state index in [1.165, 1.54) is 0 Å². The molecule has 0 radical (unpaired) electrons. The number of amidine groups is 1. The average Bonchev–Trinajstić information content (AvgIpc) is 3.15. The van der Waals surface area contributed by atoms with Crippen LogP contribution in [0.3, 0.4) is 0 Å². The van der Waals surface area contributed by atoms with Gasteiger partial charge in [0.2, 0.25) is 0 Å². The van der Waals surface area contributed by atoms with E-state index in [0.29, 0.717) is 23.9 Å². The van der Waals surface area contributed by atoms with Crippen LogP contribution in [0.2, 0.25) is 0 Å². The molecule has 0 aliphatic carbocycles. The molecule has 0 fully saturated rings. The molecule has 0 atom stereocenters. The minimum atomic E-state index is 0.158. The van der Waals surface area contributed by atoms with E-state index < -0.39 is 0 Å². The lowest BCUT2D eigenvalue weighted by Crippen LogP contribution is -2.26. The number of aliphatic hydroxyl groups is 1. The van der Waals surface area contributed by atoms with Crippen molar-refractivity contribution in [3.05, 3.63) is 59.6 Å². The van der Waals surface area contributed by atoms with E-state index >= 15 is 0 Å². The number of aliphatic hydroxyl groups excluding tert-OH is 1. The van der Waals surface area contributed by atoms with Crippen molar-refractivity contribution in [1.82, 2.24) is 9.55 Å². The second-order valence-corrected chi connectivity index (χ2v) is 7.94. The van der Waals surface area contributed by atoms with Gasteiger partial charge in [-0.25, -0.2) is 4.98 Å². The molecule has 4 rings (SSSR count). The van der Waals surface area contributed by atoms with Gasteiger partial charge in [-0.05, 0) is 54.8 Å². The van der Waals surface area contributed by atoms with E-state index in [1.54, 1.807) is 4.90 Å². The molecule has 0 unspecified atom stereocenters. The number of rotatable bonds is 5. The van der Waals surface area contributed by atoms with Crippen molar-refractivity contribution in [3.63, 3.8) is 0 Å². The average molecular weight is 390 g/mol. The zero-order valence-corrected chi connectivity index (χ0v) is 17.2. The Labute approximate surface area is 170 Å². The molecule has 150 valence electrons. The molecule has 2 heterocycles. The third kappa shape index (κ3) is 3.46. The van der Waals surface area contributed by atoms with Gasteiger partial charge in [-0.1, -0.05) is 19.9 Å². The Kier molecular flexibility index (Phi) is 4.78. The van der Waals surface area contributed by atoms with Gasteiger partial charge in [-0.15, -0.1) is 0 Å². The van der Waals surface area contributed by atoms with Gasteiger partial charge >= 0.3 is 0 Å².